The SMILES string of the molecule is Cc1cn(C(=O)c2c(Cl)ncc(C(=O)N3CCC(CC(=O)O)CC3)c2Cl)c2c(F)cc(C(F)(F)F)cc12. The fourth-order valence-electron chi connectivity index (χ4n) is 4.47. The number of likely N-dealkylation sites (tertiary alicyclic amines) is 1. The molecule has 0 unspecified atom stereocenters. The molecule has 37 heavy (non-hydrogen) atoms. The minimum atomic E-state index is -4.79. The smallest absolute Gasteiger partial charge is 0.416 e. The van der Waals surface area contributed by atoms with Crippen LogP contribution < -0.4 is 0 Å². The minimum Gasteiger partial charge on any atom is -0.481 e. The highest BCUT2D eigenvalue weighted by Gasteiger charge is 2.34. The first kappa shape index (κ1) is 26.9. The van der Waals surface area contributed by atoms with E-state index in [4.69, 9.17) is 28.3 Å². The van der Waals surface area contributed by atoms with Gasteiger partial charge in [0.1, 0.15) is 11.0 Å². The van der Waals surface area contributed by atoms with Crippen LogP contribution in [0.15, 0.2) is 24.5 Å². The van der Waals surface area contributed by atoms with Gasteiger partial charge in [-0.25, -0.2) is 9.37 Å². The summed E-state index contributed by atoms with van der Waals surface area (Å²) in [6.07, 6.45) is -1.60. The molecule has 2 aromatic heterocycles. The maximum atomic E-state index is 14.8. The Hall–Kier alpha value is -3.18. The summed E-state index contributed by atoms with van der Waals surface area (Å²) in [7, 11) is 0. The first-order chi connectivity index (χ1) is 17.3. The van der Waals surface area contributed by atoms with Gasteiger partial charge in [0.25, 0.3) is 11.8 Å². The molecule has 0 radical (unpaired) electrons. The first-order valence-electron chi connectivity index (χ1n) is 11.1. The van der Waals surface area contributed by atoms with Gasteiger partial charge in [-0.3, -0.25) is 19.0 Å². The third-order valence-corrected chi connectivity index (χ3v) is 7.06. The highest BCUT2D eigenvalue weighted by atomic mass is 35.5. The third kappa shape index (κ3) is 5.15. The Balaban J connectivity index is 1.70. The molecule has 1 saturated heterocycles. The monoisotopic (exact) mass is 559 g/mol. The number of carboxylic acids is 1. The van der Waals surface area contributed by atoms with E-state index < -0.39 is 46.4 Å². The van der Waals surface area contributed by atoms with Crippen LogP contribution in [-0.4, -0.2) is 50.4 Å². The largest absolute Gasteiger partial charge is 0.481 e. The number of hydrogen-bond donors (Lipinski definition) is 1. The quantitative estimate of drug-likeness (QED) is 0.321. The molecule has 0 aliphatic carbocycles. The second-order valence-electron chi connectivity index (χ2n) is 8.82. The fourth-order valence-corrected chi connectivity index (χ4v) is 5.05. The number of aryl methyl sites for hydroxylation is 1. The Kier molecular flexibility index (Phi) is 7.22. The molecular formula is C24H19Cl2F4N3O4. The number of aliphatic carboxylic acids is 1. The molecule has 4 rings (SSSR count). The van der Waals surface area contributed by atoms with Crippen LogP contribution in [0.5, 0.6) is 0 Å². The number of amides is 1. The first-order valence-corrected chi connectivity index (χ1v) is 11.8. The molecule has 0 bridgehead atoms. The number of benzene rings is 1. The number of halogens is 6. The van der Waals surface area contributed by atoms with Crippen LogP contribution in [-0.2, 0) is 11.0 Å². The molecule has 7 nitrogen and oxygen atoms in total. The number of carbonyl (C=O) groups is 3. The summed E-state index contributed by atoms with van der Waals surface area (Å²) in [4.78, 5) is 42.8. The number of alkyl halides is 3. The second kappa shape index (κ2) is 9.94. The van der Waals surface area contributed by atoms with Gasteiger partial charge in [0.2, 0.25) is 0 Å². The van der Waals surface area contributed by atoms with Crippen LogP contribution in [0.25, 0.3) is 10.9 Å². The number of piperidine rings is 1. The van der Waals surface area contributed by atoms with Gasteiger partial charge in [-0.05, 0) is 43.4 Å². The molecule has 1 aliphatic rings. The number of carboxylic acid groups (broad SMARTS) is 1. The van der Waals surface area contributed by atoms with Crippen molar-refractivity contribution in [1.29, 1.82) is 0 Å². The van der Waals surface area contributed by atoms with E-state index in [0.717, 1.165) is 23.0 Å². The van der Waals surface area contributed by atoms with Gasteiger partial charge in [-0.1, -0.05) is 23.2 Å². The fraction of sp³-hybridized carbons (Fsp3) is 0.333. The molecule has 13 heteroatoms. The van der Waals surface area contributed by atoms with Crippen molar-refractivity contribution in [3.8, 4) is 0 Å². The van der Waals surface area contributed by atoms with Crippen LogP contribution in [0.2, 0.25) is 10.2 Å². The summed E-state index contributed by atoms with van der Waals surface area (Å²) in [5, 5.41) is 8.12. The zero-order valence-electron chi connectivity index (χ0n) is 19.2. The van der Waals surface area contributed by atoms with E-state index >= 15 is 0 Å². The number of aromatic nitrogens is 2. The number of carbonyl (C=O) groups excluding carboxylic acids is 2. The van der Waals surface area contributed by atoms with Crippen molar-refractivity contribution in [2.45, 2.75) is 32.4 Å². The average Bonchev–Trinajstić information content (AvgIpc) is 3.15. The van der Waals surface area contributed by atoms with Gasteiger partial charge >= 0.3 is 12.1 Å². The Bertz CT molecular complexity index is 1430. The molecule has 1 N–H and O–H groups in total. The molecule has 1 amide bonds. The van der Waals surface area contributed by atoms with E-state index in [1.54, 1.807) is 0 Å². The Morgan fingerprint density at radius 2 is 1.78 bits per heavy atom. The summed E-state index contributed by atoms with van der Waals surface area (Å²) in [5.41, 5.74) is -1.96. The summed E-state index contributed by atoms with van der Waals surface area (Å²) in [6.45, 7) is 1.96. The zero-order chi connectivity index (χ0) is 27.2. The van der Waals surface area contributed by atoms with Crippen molar-refractivity contribution in [3.63, 3.8) is 0 Å². The lowest BCUT2D eigenvalue weighted by atomic mass is 9.93. The van der Waals surface area contributed by atoms with Crippen LogP contribution in [0.3, 0.4) is 0 Å². The van der Waals surface area contributed by atoms with E-state index in [2.05, 4.69) is 4.98 Å². The third-order valence-electron chi connectivity index (χ3n) is 6.38. The van der Waals surface area contributed by atoms with Gasteiger partial charge in [-0.15, -0.1) is 0 Å². The van der Waals surface area contributed by atoms with Crippen molar-refractivity contribution >= 4 is 51.9 Å². The summed E-state index contributed by atoms with van der Waals surface area (Å²) in [5.74, 6) is -3.80. The molecule has 1 fully saturated rings. The van der Waals surface area contributed by atoms with E-state index in [9.17, 15) is 31.9 Å². The molecular weight excluding hydrogens is 541 g/mol. The highest BCUT2D eigenvalue weighted by molar-refractivity contribution is 6.41. The second-order valence-corrected chi connectivity index (χ2v) is 9.56. The van der Waals surface area contributed by atoms with Crippen molar-refractivity contribution in [3.05, 3.63) is 62.8 Å². The van der Waals surface area contributed by atoms with Crippen molar-refractivity contribution in [2.24, 2.45) is 5.92 Å². The van der Waals surface area contributed by atoms with Gasteiger partial charge < -0.3 is 10.0 Å². The average molecular weight is 560 g/mol. The molecule has 3 aromatic rings. The standard InChI is InChI=1S/C24H19Cl2F4N3O4/c1-11-10-33(20-14(11)7-13(8-16(20)27)24(28,29)30)23(37)18-19(25)15(9-31-21(18)26)22(36)32-4-2-12(3-5-32)6-17(34)35/h7-10,12H,2-6H2,1H3,(H,34,35). The van der Waals surface area contributed by atoms with Gasteiger partial charge in [-0.2, -0.15) is 13.2 Å². The van der Waals surface area contributed by atoms with Crippen molar-refractivity contribution in [2.75, 3.05) is 13.1 Å². The predicted molar refractivity (Wildman–Crippen MR) is 127 cm³/mol. The molecule has 0 spiro atoms. The topological polar surface area (TPSA) is 92.5 Å². The van der Waals surface area contributed by atoms with Crippen LogP contribution in [0, 0.1) is 18.7 Å². The zero-order valence-corrected chi connectivity index (χ0v) is 20.7. The normalized spacial score (nSPS) is 14.8. The Morgan fingerprint density at radius 1 is 1.14 bits per heavy atom. The van der Waals surface area contributed by atoms with E-state index in [-0.39, 0.29) is 52.1 Å². The van der Waals surface area contributed by atoms with Crippen molar-refractivity contribution < 1.29 is 37.1 Å². The maximum absolute atomic E-state index is 14.8. The summed E-state index contributed by atoms with van der Waals surface area (Å²) >= 11 is 12.6. The highest BCUT2D eigenvalue weighted by Crippen LogP contribution is 2.36. The number of hydrogen-bond acceptors (Lipinski definition) is 4. The lowest BCUT2D eigenvalue weighted by Crippen LogP contribution is -2.39. The van der Waals surface area contributed by atoms with Crippen LogP contribution >= 0.6 is 23.2 Å². The van der Waals surface area contributed by atoms with Gasteiger partial charge in [0, 0.05) is 37.3 Å². The lowest BCUT2D eigenvalue weighted by molar-refractivity contribution is -0.139. The molecule has 3 heterocycles. The molecule has 0 atom stereocenters. The van der Waals surface area contributed by atoms with Crippen LogP contribution in [0.1, 0.15) is 51.1 Å². The number of fused-ring (bicyclic) bond motifs is 1. The molecule has 0 saturated carbocycles. The number of rotatable bonds is 4. The number of pyridine rings is 1. The van der Waals surface area contributed by atoms with E-state index in [1.165, 1.54) is 11.8 Å². The molecule has 1 aromatic carbocycles. The maximum Gasteiger partial charge on any atom is 0.416 e. The summed E-state index contributed by atoms with van der Waals surface area (Å²) < 4.78 is 55.1. The van der Waals surface area contributed by atoms with Crippen LogP contribution in [0.4, 0.5) is 17.6 Å². The summed E-state index contributed by atoms with van der Waals surface area (Å²) in [6, 6.07) is 1.04. The molecule has 1 aliphatic heterocycles. The minimum absolute atomic E-state index is 0.00476. The number of nitrogens with zero attached hydrogens (tertiary/aromatic N) is 3. The van der Waals surface area contributed by atoms with Crippen molar-refractivity contribution in [1.82, 2.24) is 14.5 Å². The van der Waals surface area contributed by atoms with E-state index in [1.807, 2.05) is 0 Å². The lowest BCUT2D eigenvalue weighted by Gasteiger charge is -2.31. The van der Waals surface area contributed by atoms with E-state index in [0.29, 0.717) is 18.9 Å². The van der Waals surface area contributed by atoms with Gasteiger partial charge in [0.15, 0.2) is 0 Å². The Labute approximate surface area is 217 Å². The predicted octanol–water partition coefficient (Wildman–Crippen LogP) is 5.82. The Morgan fingerprint density at radius 3 is 2.38 bits per heavy atom. The molecule has 196 valence electrons. The van der Waals surface area contributed by atoms with Gasteiger partial charge in [0.05, 0.1) is 27.2 Å².